The molecule has 0 aromatic heterocycles. The van der Waals surface area contributed by atoms with Crippen LogP contribution in [0.1, 0.15) is 154 Å². The Morgan fingerprint density at radius 2 is 0.723 bits per heavy atom. The van der Waals surface area contributed by atoms with Crippen molar-refractivity contribution in [3.63, 3.8) is 0 Å². The van der Waals surface area contributed by atoms with E-state index in [9.17, 15) is 38.4 Å². The highest BCUT2D eigenvalue weighted by Crippen LogP contribution is 2.14. The largest absolute Gasteiger partial charge is 0.481 e. The average Bonchev–Trinajstić information content (AvgIpc) is 3.05. The van der Waals surface area contributed by atoms with Gasteiger partial charge in [-0.15, -0.1) is 0 Å². The van der Waals surface area contributed by atoms with E-state index in [1.165, 1.54) is 57.8 Å². The van der Waals surface area contributed by atoms with Gasteiger partial charge in [0.1, 0.15) is 25.1 Å². The summed E-state index contributed by atoms with van der Waals surface area (Å²) in [5.41, 5.74) is 0. The first-order chi connectivity index (χ1) is 22.7. The molecule has 0 spiro atoms. The van der Waals surface area contributed by atoms with Gasteiger partial charge in [-0.25, -0.2) is 0 Å². The molecule has 12 nitrogen and oxygen atoms in total. The Labute approximate surface area is 280 Å². The summed E-state index contributed by atoms with van der Waals surface area (Å²) in [7, 11) is 0. The Hall–Kier alpha value is -3.44. The van der Waals surface area contributed by atoms with E-state index in [0.29, 0.717) is 31.6 Å². The van der Waals surface area contributed by atoms with Gasteiger partial charge in [-0.1, -0.05) is 89.9 Å². The number of hydrogen-bond acceptors (Lipinski definition) is 8. The van der Waals surface area contributed by atoms with E-state index in [4.69, 9.17) is 5.11 Å². The maximum absolute atomic E-state index is 12.3. The van der Waals surface area contributed by atoms with Crippen molar-refractivity contribution in [1.29, 1.82) is 0 Å². The maximum Gasteiger partial charge on any atom is 0.303 e. The predicted molar refractivity (Wildman–Crippen MR) is 178 cm³/mol. The molecular weight excluding hydrogens is 606 g/mol. The molecule has 0 aromatic carbocycles. The Morgan fingerprint density at radius 1 is 0.426 bits per heavy atom. The van der Waals surface area contributed by atoms with Crippen molar-refractivity contribution in [2.75, 3.05) is 0 Å². The Kier molecular flexibility index (Phi) is 28.9. The van der Waals surface area contributed by atoms with Crippen LogP contribution in [0.25, 0.3) is 0 Å². The molecule has 0 saturated carbocycles. The molecule has 4 N–H and O–H groups in total. The lowest BCUT2D eigenvalue weighted by molar-refractivity contribution is -0.137. The van der Waals surface area contributed by atoms with E-state index >= 15 is 0 Å². The van der Waals surface area contributed by atoms with Crippen LogP contribution < -0.4 is 16.0 Å². The smallest absolute Gasteiger partial charge is 0.303 e. The molecular formula is C35H59N3O9. The number of carbonyl (C=O) groups is 8. The number of aliphatic carboxylic acids is 1. The molecule has 0 aliphatic rings. The lowest BCUT2D eigenvalue weighted by Gasteiger charge is -2.16. The number of carboxylic acids is 1. The number of aldehydes is 4. The van der Waals surface area contributed by atoms with Crippen LogP contribution in [0.15, 0.2) is 0 Å². The second kappa shape index (κ2) is 31.2. The van der Waals surface area contributed by atoms with Crippen molar-refractivity contribution in [3.05, 3.63) is 0 Å². The van der Waals surface area contributed by atoms with Crippen LogP contribution in [0.5, 0.6) is 0 Å². The second-order valence-electron chi connectivity index (χ2n) is 12.3. The minimum Gasteiger partial charge on any atom is -0.481 e. The number of amides is 3. The van der Waals surface area contributed by atoms with Crippen LogP contribution >= 0.6 is 0 Å². The topological polar surface area (TPSA) is 193 Å². The van der Waals surface area contributed by atoms with E-state index in [1.807, 2.05) is 0 Å². The fourth-order valence-electron chi connectivity index (χ4n) is 5.22. The second-order valence-corrected chi connectivity index (χ2v) is 12.3. The molecule has 0 radical (unpaired) electrons. The zero-order chi connectivity index (χ0) is 35.0. The number of carbonyl (C=O) groups excluding carboxylic acids is 7. The summed E-state index contributed by atoms with van der Waals surface area (Å²) < 4.78 is 0. The summed E-state index contributed by atoms with van der Waals surface area (Å²) in [6.07, 6.45) is 21.1. The van der Waals surface area contributed by atoms with Gasteiger partial charge in [0, 0.05) is 32.1 Å². The van der Waals surface area contributed by atoms with Crippen LogP contribution in [0, 0.1) is 0 Å². The fraction of sp³-hybridized carbons (Fsp3) is 0.771. The average molecular weight is 666 g/mol. The predicted octanol–water partition coefficient (Wildman–Crippen LogP) is 4.68. The molecule has 0 aromatic rings. The molecule has 268 valence electrons. The van der Waals surface area contributed by atoms with E-state index in [0.717, 1.165) is 44.9 Å². The summed E-state index contributed by atoms with van der Waals surface area (Å²) in [6, 6.07) is -2.52. The highest BCUT2D eigenvalue weighted by Gasteiger charge is 2.18. The molecule has 0 heterocycles. The van der Waals surface area contributed by atoms with Crippen molar-refractivity contribution < 1.29 is 43.5 Å². The molecule has 0 aliphatic heterocycles. The molecule has 0 aliphatic carbocycles. The molecule has 0 saturated heterocycles. The van der Waals surface area contributed by atoms with Gasteiger partial charge in [0.25, 0.3) is 0 Å². The zero-order valence-electron chi connectivity index (χ0n) is 28.2. The molecule has 0 fully saturated rings. The van der Waals surface area contributed by atoms with Crippen molar-refractivity contribution >= 4 is 48.8 Å². The molecule has 0 bridgehead atoms. The number of nitrogens with one attached hydrogen (secondary N) is 3. The molecule has 12 heteroatoms. The standard InChI is InChI=1S/C35H59N3O9/c39-25-17-18-29(26-40)36-33(44)23-22-31(28-42)38-34(45)24-21-30(27-41)37-32(43)19-15-13-11-9-7-5-3-1-2-4-6-8-10-12-14-16-20-35(46)47/h25-31H,1-24H2,(H,36,44)(H,37,43)(H,38,45)(H,46,47)/t29-,30-,31-/m0/s1. The zero-order valence-corrected chi connectivity index (χ0v) is 28.2. The monoisotopic (exact) mass is 665 g/mol. The normalized spacial score (nSPS) is 12.7. The van der Waals surface area contributed by atoms with Gasteiger partial charge in [0.15, 0.2) is 0 Å². The van der Waals surface area contributed by atoms with Crippen LogP contribution in [0.2, 0.25) is 0 Å². The minimum atomic E-state index is -0.918. The van der Waals surface area contributed by atoms with Gasteiger partial charge in [0.2, 0.25) is 17.7 Å². The van der Waals surface area contributed by atoms with E-state index < -0.39 is 35.9 Å². The summed E-state index contributed by atoms with van der Waals surface area (Å²) in [5.74, 6) is -1.91. The first kappa shape index (κ1) is 43.6. The molecule has 0 unspecified atom stereocenters. The van der Waals surface area contributed by atoms with Crippen LogP contribution in [-0.4, -0.2) is 72.1 Å². The third kappa shape index (κ3) is 28.5. The fourth-order valence-corrected chi connectivity index (χ4v) is 5.22. The van der Waals surface area contributed by atoms with Gasteiger partial charge in [-0.05, 0) is 32.1 Å². The summed E-state index contributed by atoms with van der Waals surface area (Å²) >= 11 is 0. The number of unbranched alkanes of at least 4 members (excludes halogenated alkanes) is 15. The quantitative estimate of drug-likeness (QED) is 0.0558. The third-order valence-electron chi connectivity index (χ3n) is 8.04. The minimum absolute atomic E-state index is 0.0238. The van der Waals surface area contributed by atoms with E-state index in [2.05, 4.69) is 16.0 Å². The van der Waals surface area contributed by atoms with E-state index in [1.54, 1.807) is 0 Å². The summed E-state index contributed by atoms with van der Waals surface area (Å²) in [4.78, 5) is 91.2. The first-order valence-electron chi connectivity index (χ1n) is 17.6. The molecule has 3 atom stereocenters. The van der Waals surface area contributed by atoms with Gasteiger partial charge >= 0.3 is 5.97 Å². The maximum atomic E-state index is 12.3. The lowest BCUT2D eigenvalue weighted by atomic mass is 10.0. The first-order valence-corrected chi connectivity index (χ1v) is 17.6. The number of carboxylic acid groups (broad SMARTS) is 1. The van der Waals surface area contributed by atoms with Gasteiger partial charge in [-0.3, -0.25) is 19.2 Å². The van der Waals surface area contributed by atoms with Crippen molar-refractivity contribution in [2.24, 2.45) is 0 Å². The highest BCUT2D eigenvalue weighted by atomic mass is 16.4. The number of rotatable bonds is 34. The van der Waals surface area contributed by atoms with Gasteiger partial charge in [0.05, 0.1) is 18.1 Å². The highest BCUT2D eigenvalue weighted by molar-refractivity contribution is 5.83. The van der Waals surface area contributed by atoms with Crippen molar-refractivity contribution in [3.8, 4) is 0 Å². The Bertz CT molecular complexity index is 913. The van der Waals surface area contributed by atoms with E-state index in [-0.39, 0.29) is 50.9 Å². The lowest BCUT2D eigenvalue weighted by Crippen LogP contribution is -2.40. The van der Waals surface area contributed by atoms with Crippen molar-refractivity contribution in [1.82, 2.24) is 16.0 Å². The Morgan fingerprint density at radius 3 is 1.04 bits per heavy atom. The Balaban J connectivity index is 3.84. The SMILES string of the molecule is O=CCC[C@@H](C=O)NC(=O)CC[C@@H](C=O)NC(=O)CC[C@@H](C=O)NC(=O)CCCCCCCCCCCCCCCCCCC(=O)O. The van der Waals surface area contributed by atoms with Gasteiger partial charge in [-0.2, -0.15) is 0 Å². The third-order valence-corrected chi connectivity index (χ3v) is 8.04. The van der Waals surface area contributed by atoms with Crippen LogP contribution in [0.4, 0.5) is 0 Å². The van der Waals surface area contributed by atoms with Crippen molar-refractivity contribution in [2.45, 2.75) is 172 Å². The van der Waals surface area contributed by atoms with Crippen LogP contribution in [-0.2, 0) is 38.4 Å². The number of hydrogen-bond donors (Lipinski definition) is 4. The molecule has 47 heavy (non-hydrogen) atoms. The summed E-state index contributed by atoms with van der Waals surface area (Å²) in [6.45, 7) is 0. The molecule has 0 rings (SSSR count). The van der Waals surface area contributed by atoms with Gasteiger partial charge < -0.3 is 40.2 Å². The summed E-state index contributed by atoms with van der Waals surface area (Å²) in [5, 5.41) is 16.2. The molecule has 3 amide bonds. The van der Waals surface area contributed by atoms with Crippen LogP contribution in [0.3, 0.4) is 0 Å².